The number of para-hydroxylation sites is 2. The van der Waals surface area contributed by atoms with E-state index in [4.69, 9.17) is 4.74 Å². The lowest BCUT2D eigenvalue weighted by Gasteiger charge is -2.46. The molecule has 4 rings (SSSR count). The predicted octanol–water partition coefficient (Wildman–Crippen LogP) is 2.81. The van der Waals surface area contributed by atoms with Gasteiger partial charge < -0.3 is 10.1 Å². The zero-order valence-corrected chi connectivity index (χ0v) is 20.4. The van der Waals surface area contributed by atoms with Crippen molar-refractivity contribution in [3.63, 3.8) is 0 Å². The topological polar surface area (TPSA) is 96.0 Å². The van der Waals surface area contributed by atoms with Crippen LogP contribution < -0.4 is 15.0 Å². The quantitative estimate of drug-likeness (QED) is 0.546. The SMILES string of the molecule is COc1ccccc1N1C(=O)CN(S(=O)(=O)c2ccccc2)C[C@]1(C)C(=O)NCc1ccccc1. The number of methoxy groups -OCH3 is 1. The first-order valence-corrected chi connectivity index (χ1v) is 12.5. The van der Waals surface area contributed by atoms with Crippen molar-refractivity contribution in [2.24, 2.45) is 0 Å². The molecule has 9 heteroatoms. The van der Waals surface area contributed by atoms with Gasteiger partial charge in [-0.3, -0.25) is 14.5 Å². The Hall–Kier alpha value is -3.69. The third-order valence-electron chi connectivity index (χ3n) is 6.03. The second-order valence-electron chi connectivity index (χ2n) is 8.43. The molecule has 0 spiro atoms. The molecule has 0 saturated carbocycles. The van der Waals surface area contributed by atoms with Crippen molar-refractivity contribution < 1.29 is 22.7 Å². The molecule has 0 unspecified atom stereocenters. The van der Waals surface area contributed by atoms with E-state index >= 15 is 0 Å². The van der Waals surface area contributed by atoms with Gasteiger partial charge in [-0.1, -0.05) is 60.7 Å². The molecule has 1 aliphatic heterocycles. The lowest BCUT2D eigenvalue weighted by atomic mass is 9.94. The molecule has 1 saturated heterocycles. The molecule has 0 aromatic heterocycles. The summed E-state index contributed by atoms with van der Waals surface area (Å²) in [6, 6.07) is 24.1. The maximum atomic E-state index is 13.7. The third-order valence-corrected chi connectivity index (χ3v) is 7.84. The Balaban J connectivity index is 1.74. The van der Waals surface area contributed by atoms with Gasteiger partial charge in [-0.05, 0) is 36.8 Å². The van der Waals surface area contributed by atoms with Crippen LogP contribution in [0.3, 0.4) is 0 Å². The van der Waals surface area contributed by atoms with Crippen LogP contribution in [0, 0.1) is 0 Å². The second kappa shape index (κ2) is 9.89. The summed E-state index contributed by atoms with van der Waals surface area (Å²) in [7, 11) is -2.53. The Kier molecular flexibility index (Phi) is 6.90. The number of amides is 2. The van der Waals surface area contributed by atoms with E-state index in [0.29, 0.717) is 11.4 Å². The van der Waals surface area contributed by atoms with E-state index in [1.54, 1.807) is 49.4 Å². The average molecular weight is 494 g/mol. The number of benzene rings is 3. The molecular formula is C26H27N3O5S. The molecule has 1 heterocycles. The van der Waals surface area contributed by atoms with Crippen LogP contribution in [-0.4, -0.2) is 50.3 Å². The third kappa shape index (κ3) is 4.78. The van der Waals surface area contributed by atoms with Gasteiger partial charge in [0.05, 0.1) is 24.2 Å². The summed E-state index contributed by atoms with van der Waals surface area (Å²) in [5, 5.41) is 2.88. The van der Waals surface area contributed by atoms with E-state index in [1.165, 1.54) is 24.1 Å². The molecule has 1 fully saturated rings. The fraction of sp³-hybridized carbons (Fsp3) is 0.231. The van der Waals surface area contributed by atoms with Crippen LogP contribution in [0.15, 0.2) is 89.8 Å². The zero-order valence-electron chi connectivity index (χ0n) is 19.5. The first-order valence-electron chi connectivity index (χ1n) is 11.1. The molecule has 3 aromatic rings. The van der Waals surface area contributed by atoms with Crippen LogP contribution in [0.2, 0.25) is 0 Å². The highest BCUT2D eigenvalue weighted by molar-refractivity contribution is 7.89. The molecule has 0 aliphatic carbocycles. The summed E-state index contributed by atoms with van der Waals surface area (Å²) >= 11 is 0. The number of anilines is 1. The first-order chi connectivity index (χ1) is 16.8. The minimum atomic E-state index is -4.01. The van der Waals surface area contributed by atoms with Gasteiger partial charge in [0.1, 0.15) is 11.3 Å². The van der Waals surface area contributed by atoms with Crippen LogP contribution in [-0.2, 0) is 26.2 Å². The summed E-state index contributed by atoms with van der Waals surface area (Å²) in [4.78, 5) is 28.6. The summed E-state index contributed by atoms with van der Waals surface area (Å²) in [5.41, 5.74) is -0.265. The smallest absolute Gasteiger partial charge is 0.247 e. The van der Waals surface area contributed by atoms with Crippen molar-refractivity contribution in [2.75, 3.05) is 25.1 Å². The van der Waals surface area contributed by atoms with Crippen molar-refractivity contribution >= 4 is 27.5 Å². The number of nitrogens with one attached hydrogen (secondary N) is 1. The predicted molar refractivity (Wildman–Crippen MR) is 132 cm³/mol. The van der Waals surface area contributed by atoms with Crippen molar-refractivity contribution in [2.45, 2.75) is 23.9 Å². The van der Waals surface area contributed by atoms with Crippen LogP contribution >= 0.6 is 0 Å². The van der Waals surface area contributed by atoms with Gasteiger partial charge in [-0.15, -0.1) is 0 Å². The molecule has 0 radical (unpaired) electrons. The lowest BCUT2D eigenvalue weighted by molar-refractivity contribution is -0.133. The Morgan fingerprint density at radius 3 is 2.23 bits per heavy atom. The van der Waals surface area contributed by atoms with E-state index < -0.39 is 33.9 Å². The molecule has 8 nitrogen and oxygen atoms in total. The largest absolute Gasteiger partial charge is 0.495 e. The van der Waals surface area contributed by atoms with Gasteiger partial charge in [0.25, 0.3) is 0 Å². The minimum absolute atomic E-state index is 0.0607. The van der Waals surface area contributed by atoms with Gasteiger partial charge >= 0.3 is 0 Å². The van der Waals surface area contributed by atoms with E-state index in [0.717, 1.165) is 9.87 Å². The molecule has 1 N–H and O–H groups in total. The summed E-state index contributed by atoms with van der Waals surface area (Å²) < 4.78 is 33.3. The van der Waals surface area contributed by atoms with Gasteiger partial charge in [0.2, 0.25) is 21.8 Å². The van der Waals surface area contributed by atoms with Crippen LogP contribution in [0.1, 0.15) is 12.5 Å². The summed E-state index contributed by atoms with van der Waals surface area (Å²) in [6.07, 6.45) is 0. The number of hydrogen-bond acceptors (Lipinski definition) is 5. The van der Waals surface area contributed by atoms with Gasteiger partial charge in [-0.25, -0.2) is 8.42 Å². The molecule has 35 heavy (non-hydrogen) atoms. The van der Waals surface area contributed by atoms with Crippen molar-refractivity contribution in [3.8, 4) is 5.75 Å². The number of hydrogen-bond donors (Lipinski definition) is 1. The van der Waals surface area contributed by atoms with Crippen molar-refractivity contribution in [1.82, 2.24) is 9.62 Å². The summed E-state index contributed by atoms with van der Waals surface area (Å²) in [5.74, 6) is -0.603. The molecular weight excluding hydrogens is 466 g/mol. The molecule has 2 amide bonds. The van der Waals surface area contributed by atoms with Gasteiger partial charge in [0.15, 0.2) is 0 Å². The molecule has 0 bridgehead atoms. The van der Waals surface area contributed by atoms with Gasteiger partial charge in [-0.2, -0.15) is 4.31 Å². The Morgan fingerprint density at radius 1 is 0.971 bits per heavy atom. The number of piperazine rings is 1. The molecule has 1 aliphatic rings. The maximum absolute atomic E-state index is 13.7. The highest BCUT2D eigenvalue weighted by atomic mass is 32.2. The van der Waals surface area contributed by atoms with Crippen molar-refractivity contribution in [3.05, 3.63) is 90.5 Å². The standard InChI is InChI=1S/C26H27N3O5S/c1-26(25(31)27-17-20-11-5-3-6-12-20)19-28(35(32,33)21-13-7-4-8-14-21)18-24(30)29(26)22-15-9-10-16-23(22)34-2/h3-16H,17-19H2,1-2H3,(H,27,31)/t26-/m1/s1. The van der Waals surface area contributed by atoms with Crippen molar-refractivity contribution in [1.29, 1.82) is 0 Å². The van der Waals surface area contributed by atoms with Crippen LogP contribution in [0.25, 0.3) is 0 Å². The zero-order chi connectivity index (χ0) is 25.1. The lowest BCUT2D eigenvalue weighted by Crippen LogP contribution is -2.70. The number of carbonyl (C=O) groups is 2. The second-order valence-corrected chi connectivity index (χ2v) is 10.4. The fourth-order valence-electron chi connectivity index (χ4n) is 4.23. The molecule has 3 aromatic carbocycles. The van der Waals surface area contributed by atoms with Crippen LogP contribution in [0.4, 0.5) is 5.69 Å². The first kappa shape index (κ1) is 24.4. The minimum Gasteiger partial charge on any atom is -0.495 e. The average Bonchev–Trinajstić information content (AvgIpc) is 2.88. The van der Waals surface area contributed by atoms with Gasteiger partial charge in [0, 0.05) is 13.1 Å². The summed E-state index contributed by atoms with van der Waals surface area (Å²) in [6.45, 7) is 1.17. The van der Waals surface area contributed by atoms with E-state index in [2.05, 4.69) is 5.32 Å². The number of carbonyl (C=O) groups excluding carboxylic acids is 2. The normalized spacial score (nSPS) is 18.8. The molecule has 182 valence electrons. The van der Waals surface area contributed by atoms with E-state index in [-0.39, 0.29) is 18.0 Å². The highest BCUT2D eigenvalue weighted by Gasteiger charge is 2.51. The maximum Gasteiger partial charge on any atom is 0.247 e. The Bertz CT molecular complexity index is 1320. The van der Waals surface area contributed by atoms with Crippen LogP contribution in [0.5, 0.6) is 5.75 Å². The Morgan fingerprint density at radius 2 is 1.57 bits per heavy atom. The monoisotopic (exact) mass is 493 g/mol. The number of rotatable bonds is 7. The number of sulfonamides is 1. The Labute approximate surface area is 205 Å². The highest BCUT2D eigenvalue weighted by Crippen LogP contribution is 2.37. The molecule has 1 atom stereocenters. The van der Waals surface area contributed by atoms with E-state index in [1.807, 2.05) is 30.3 Å². The number of ether oxygens (including phenoxy) is 1. The fourth-order valence-corrected chi connectivity index (χ4v) is 5.74. The van der Waals surface area contributed by atoms with E-state index in [9.17, 15) is 18.0 Å². The number of nitrogens with zero attached hydrogens (tertiary/aromatic N) is 2.